The number of halogens is 2. The van der Waals surface area contributed by atoms with Gasteiger partial charge in [-0.15, -0.1) is 0 Å². The second-order valence-corrected chi connectivity index (χ2v) is 5.14. The Labute approximate surface area is 116 Å². The fourth-order valence-corrected chi connectivity index (χ4v) is 2.63. The van der Waals surface area contributed by atoms with Gasteiger partial charge < -0.3 is 5.32 Å². The van der Waals surface area contributed by atoms with Crippen molar-refractivity contribution in [3.8, 4) is 6.07 Å². The Balaban J connectivity index is 2.07. The molecule has 0 radical (unpaired) electrons. The Morgan fingerprint density at radius 1 is 1.20 bits per heavy atom. The molecule has 0 bridgehead atoms. The van der Waals surface area contributed by atoms with E-state index >= 15 is 0 Å². The van der Waals surface area contributed by atoms with Crippen LogP contribution in [0.4, 0.5) is 8.78 Å². The third-order valence-electron chi connectivity index (χ3n) is 3.67. The molecule has 3 nitrogen and oxygen atoms in total. The van der Waals surface area contributed by atoms with Gasteiger partial charge in [-0.05, 0) is 30.9 Å². The average Bonchev–Trinajstić information content (AvgIpc) is 2.44. The molecule has 1 fully saturated rings. The number of carbonyl (C=O) groups excluding carboxylic acids is 1. The molecule has 1 aromatic rings. The molecule has 1 N–H and O–H groups in total. The van der Waals surface area contributed by atoms with Crippen LogP contribution >= 0.6 is 0 Å². The van der Waals surface area contributed by atoms with Crippen molar-refractivity contribution in [2.24, 2.45) is 5.92 Å². The van der Waals surface area contributed by atoms with E-state index in [-0.39, 0.29) is 11.5 Å². The molecule has 1 saturated carbocycles. The lowest BCUT2D eigenvalue weighted by Crippen LogP contribution is -2.40. The lowest BCUT2D eigenvalue weighted by atomic mass is 9.84. The molecular weight excluding hydrogens is 262 g/mol. The number of hydrogen-bond acceptors (Lipinski definition) is 2. The summed E-state index contributed by atoms with van der Waals surface area (Å²) in [5.41, 5.74) is -0.0986. The standard InChI is InChI=1S/C15H16F2N2O/c16-12-6-11(7-13(17)8-12)15(20)19-14(9-18)10-4-2-1-3-5-10/h6-8,10,14H,1-5H2,(H,19,20). The SMILES string of the molecule is N#CC(NC(=O)c1cc(F)cc(F)c1)C1CCCCC1. The number of carbonyl (C=O) groups is 1. The first-order chi connectivity index (χ1) is 9.60. The van der Waals surface area contributed by atoms with Crippen molar-refractivity contribution in [2.75, 3.05) is 0 Å². The van der Waals surface area contributed by atoms with Crippen molar-refractivity contribution in [1.29, 1.82) is 5.26 Å². The zero-order chi connectivity index (χ0) is 14.5. The predicted molar refractivity (Wildman–Crippen MR) is 69.8 cm³/mol. The van der Waals surface area contributed by atoms with E-state index < -0.39 is 23.6 Å². The van der Waals surface area contributed by atoms with Crippen LogP contribution in [0.25, 0.3) is 0 Å². The van der Waals surface area contributed by atoms with Gasteiger partial charge >= 0.3 is 0 Å². The zero-order valence-corrected chi connectivity index (χ0v) is 11.0. The summed E-state index contributed by atoms with van der Waals surface area (Å²) in [6, 6.07) is 4.12. The molecular formula is C15H16F2N2O. The molecule has 0 aliphatic heterocycles. The van der Waals surface area contributed by atoms with Crippen molar-refractivity contribution in [3.05, 3.63) is 35.4 Å². The maximum atomic E-state index is 13.1. The highest BCUT2D eigenvalue weighted by atomic mass is 19.1. The molecule has 1 unspecified atom stereocenters. The first-order valence-corrected chi connectivity index (χ1v) is 6.76. The number of amides is 1. The van der Waals surface area contributed by atoms with Crippen LogP contribution in [0, 0.1) is 28.9 Å². The number of rotatable bonds is 3. The smallest absolute Gasteiger partial charge is 0.252 e. The molecule has 1 atom stereocenters. The molecule has 5 heteroatoms. The normalized spacial score (nSPS) is 17.2. The molecule has 1 aromatic carbocycles. The Morgan fingerprint density at radius 2 is 1.80 bits per heavy atom. The number of nitriles is 1. The van der Waals surface area contributed by atoms with E-state index in [4.69, 9.17) is 0 Å². The summed E-state index contributed by atoms with van der Waals surface area (Å²) in [7, 11) is 0. The monoisotopic (exact) mass is 278 g/mol. The van der Waals surface area contributed by atoms with Gasteiger partial charge in [0.25, 0.3) is 5.91 Å². The van der Waals surface area contributed by atoms with E-state index in [1.54, 1.807) is 0 Å². The van der Waals surface area contributed by atoms with E-state index in [1.807, 2.05) is 0 Å². The fraction of sp³-hybridized carbons (Fsp3) is 0.467. The fourth-order valence-electron chi connectivity index (χ4n) is 2.63. The van der Waals surface area contributed by atoms with E-state index in [1.165, 1.54) is 0 Å². The molecule has 0 aromatic heterocycles. The van der Waals surface area contributed by atoms with Crippen LogP contribution in [-0.2, 0) is 0 Å². The van der Waals surface area contributed by atoms with Crippen LogP contribution < -0.4 is 5.32 Å². The summed E-state index contributed by atoms with van der Waals surface area (Å²) in [6.45, 7) is 0. The highest BCUT2D eigenvalue weighted by Gasteiger charge is 2.25. The van der Waals surface area contributed by atoms with Gasteiger partial charge in [0.05, 0.1) is 6.07 Å². The van der Waals surface area contributed by atoms with Gasteiger partial charge in [-0.2, -0.15) is 5.26 Å². The Morgan fingerprint density at radius 3 is 2.35 bits per heavy atom. The van der Waals surface area contributed by atoms with Crippen LogP contribution in [0.15, 0.2) is 18.2 Å². The second kappa shape index (κ2) is 6.47. The van der Waals surface area contributed by atoms with Crippen LogP contribution in [0.1, 0.15) is 42.5 Å². The largest absolute Gasteiger partial charge is 0.336 e. The highest BCUT2D eigenvalue weighted by Crippen LogP contribution is 2.26. The number of nitrogens with one attached hydrogen (secondary N) is 1. The van der Waals surface area contributed by atoms with E-state index in [0.717, 1.165) is 44.2 Å². The van der Waals surface area contributed by atoms with Gasteiger partial charge in [-0.3, -0.25) is 4.79 Å². The minimum atomic E-state index is -0.804. The molecule has 106 valence electrons. The predicted octanol–water partition coefficient (Wildman–Crippen LogP) is 3.17. The van der Waals surface area contributed by atoms with Gasteiger partial charge in [-0.1, -0.05) is 19.3 Å². The van der Waals surface area contributed by atoms with Crippen LogP contribution in [0.5, 0.6) is 0 Å². The molecule has 1 aliphatic rings. The highest BCUT2D eigenvalue weighted by molar-refractivity contribution is 5.94. The third kappa shape index (κ3) is 3.53. The first-order valence-electron chi connectivity index (χ1n) is 6.76. The van der Waals surface area contributed by atoms with Crippen LogP contribution in [-0.4, -0.2) is 11.9 Å². The number of hydrogen-bond donors (Lipinski definition) is 1. The minimum Gasteiger partial charge on any atom is -0.336 e. The van der Waals surface area contributed by atoms with Gasteiger partial charge in [0.1, 0.15) is 17.7 Å². The van der Waals surface area contributed by atoms with Gasteiger partial charge in [0.15, 0.2) is 0 Å². The maximum Gasteiger partial charge on any atom is 0.252 e. The Bertz CT molecular complexity index is 513. The quantitative estimate of drug-likeness (QED) is 0.923. The number of nitrogens with zero attached hydrogens (tertiary/aromatic N) is 1. The van der Waals surface area contributed by atoms with E-state index in [2.05, 4.69) is 11.4 Å². The first kappa shape index (κ1) is 14.4. The molecule has 1 amide bonds. The van der Waals surface area contributed by atoms with Gasteiger partial charge in [0, 0.05) is 11.6 Å². The van der Waals surface area contributed by atoms with Crippen molar-refractivity contribution in [1.82, 2.24) is 5.32 Å². The average molecular weight is 278 g/mol. The lowest BCUT2D eigenvalue weighted by molar-refractivity contribution is 0.0928. The number of benzene rings is 1. The molecule has 0 spiro atoms. The summed E-state index contributed by atoms with van der Waals surface area (Å²) >= 11 is 0. The summed E-state index contributed by atoms with van der Waals surface area (Å²) in [6.07, 6.45) is 5.05. The molecule has 20 heavy (non-hydrogen) atoms. The van der Waals surface area contributed by atoms with Crippen molar-refractivity contribution in [2.45, 2.75) is 38.1 Å². The van der Waals surface area contributed by atoms with Crippen LogP contribution in [0.3, 0.4) is 0 Å². The van der Waals surface area contributed by atoms with E-state index in [0.29, 0.717) is 6.07 Å². The topological polar surface area (TPSA) is 52.9 Å². The summed E-state index contributed by atoms with van der Waals surface area (Å²) in [5.74, 6) is -2.10. The molecule has 2 rings (SSSR count). The second-order valence-electron chi connectivity index (χ2n) is 5.14. The van der Waals surface area contributed by atoms with Crippen LogP contribution in [0.2, 0.25) is 0 Å². The van der Waals surface area contributed by atoms with Gasteiger partial charge in [0.2, 0.25) is 0 Å². The summed E-state index contributed by atoms with van der Waals surface area (Å²) < 4.78 is 26.2. The van der Waals surface area contributed by atoms with Crippen molar-refractivity contribution >= 4 is 5.91 Å². The molecule has 1 aliphatic carbocycles. The summed E-state index contributed by atoms with van der Waals surface area (Å²) in [4.78, 5) is 12.0. The van der Waals surface area contributed by atoms with Crippen molar-refractivity contribution in [3.63, 3.8) is 0 Å². The van der Waals surface area contributed by atoms with Gasteiger partial charge in [-0.25, -0.2) is 8.78 Å². The Hall–Kier alpha value is -1.96. The van der Waals surface area contributed by atoms with E-state index in [9.17, 15) is 18.8 Å². The maximum absolute atomic E-state index is 13.1. The zero-order valence-electron chi connectivity index (χ0n) is 11.0. The summed E-state index contributed by atoms with van der Waals surface area (Å²) in [5, 5.41) is 11.7. The molecule has 0 heterocycles. The molecule has 0 saturated heterocycles. The Kier molecular flexibility index (Phi) is 4.67. The lowest BCUT2D eigenvalue weighted by Gasteiger charge is -2.26. The third-order valence-corrected chi connectivity index (χ3v) is 3.67. The minimum absolute atomic E-state index is 0.0986. The van der Waals surface area contributed by atoms with Crippen molar-refractivity contribution < 1.29 is 13.6 Å².